The molecule has 2 fully saturated rings. The van der Waals surface area contributed by atoms with Crippen molar-refractivity contribution < 1.29 is 13.9 Å². The zero-order valence-corrected chi connectivity index (χ0v) is 19.2. The fourth-order valence-corrected chi connectivity index (χ4v) is 3.77. The average Bonchev–Trinajstić information content (AvgIpc) is 3.53. The molecule has 1 amide bonds. The minimum absolute atomic E-state index is 0.169. The third-order valence-corrected chi connectivity index (χ3v) is 5.53. The Labute approximate surface area is 185 Å². The lowest BCUT2D eigenvalue weighted by Gasteiger charge is -2.40. The summed E-state index contributed by atoms with van der Waals surface area (Å²) in [5.41, 5.74) is -0.154. The van der Waals surface area contributed by atoms with Gasteiger partial charge in [-0.05, 0) is 71.4 Å². The van der Waals surface area contributed by atoms with Gasteiger partial charge in [0, 0.05) is 38.4 Å². The Bertz CT molecular complexity index is 767. The van der Waals surface area contributed by atoms with Gasteiger partial charge in [0.25, 0.3) is 0 Å². The molecule has 0 spiro atoms. The van der Waals surface area contributed by atoms with Crippen molar-refractivity contribution in [2.24, 2.45) is 10.9 Å². The Morgan fingerprint density at radius 3 is 2.61 bits per heavy atom. The number of piperidine rings is 1. The molecule has 0 atom stereocenters. The minimum Gasteiger partial charge on any atom is -0.444 e. The van der Waals surface area contributed by atoms with Crippen LogP contribution < -0.4 is 5.32 Å². The summed E-state index contributed by atoms with van der Waals surface area (Å²) in [7, 11) is 0. The van der Waals surface area contributed by atoms with Crippen LogP contribution in [0.5, 0.6) is 0 Å². The molecule has 1 N–H and O–H groups in total. The van der Waals surface area contributed by atoms with E-state index in [1.165, 1.54) is 18.9 Å². The van der Waals surface area contributed by atoms with Gasteiger partial charge in [-0.2, -0.15) is 0 Å². The molecule has 31 heavy (non-hydrogen) atoms. The molecule has 0 unspecified atom stereocenters. The molecule has 2 aliphatic rings. The molecule has 1 aliphatic carbocycles. The van der Waals surface area contributed by atoms with Gasteiger partial charge in [-0.1, -0.05) is 0 Å². The number of guanidine groups is 1. The van der Waals surface area contributed by atoms with Gasteiger partial charge in [-0.25, -0.2) is 14.2 Å². The van der Waals surface area contributed by atoms with E-state index in [1.54, 1.807) is 12.3 Å². The van der Waals surface area contributed by atoms with E-state index < -0.39 is 5.60 Å². The predicted molar refractivity (Wildman–Crippen MR) is 119 cm³/mol. The third kappa shape index (κ3) is 7.08. The van der Waals surface area contributed by atoms with E-state index in [2.05, 4.69) is 20.2 Å². The molecule has 2 heterocycles. The first-order valence-corrected chi connectivity index (χ1v) is 11.4. The molecule has 1 aliphatic heterocycles. The number of amides is 1. The zero-order valence-electron chi connectivity index (χ0n) is 19.2. The number of nitrogens with zero attached hydrogens (tertiary/aromatic N) is 4. The second kappa shape index (κ2) is 10.3. The van der Waals surface area contributed by atoms with Crippen molar-refractivity contribution in [2.45, 2.75) is 71.6 Å². The quantitative estimate of drug-likeness (QED) is 0.546. The molecular formula is C23H36FN5O2. The third-order valence-electron chi connectivity index (χ3n) is 5.53. The van der Waals surface area contributed by atoms with E-state index in [4.69, 9.17) is 4.74 Å². The summed E-state index contributed by atoms with van der Waals surface area (Å²) in [5, 5.41) is 3.30. The minimum atomic E-state index is -0.495. The van der Waals surface area contributed by atoms with Gasteiger partial charge in [0.2, 0.25) is 0 Å². The number of ether oxygens (including phenoxy) is 1. The van der Waals surface area contributed by atoms with Gasteiger partial charge >= 0.3 is 6.09 Å². The van der Waals surface area contributed by atoms with Gasteiger partial charge in [0.15, 0.2) is 5.96 Å². The van der Waals surface area contributed by atoms with E-state index in [9.17, 15) is 9.18 Å². The van der Waals surface area contributed by atoms with Crippen LogP contribution in [0.15, 0.2) is 23.3 Å². The molecule has 0 radical (unpaired) electrons. The van der Waals surface area contributed by atoms with Gasteiger partial charge in [0.1, 0.15) is 11.4 Å². The van der Waals surface area contributed by atoms with Gasteiger partial charge in [-0.3, -0.25) is 4.98 Å². The second-order valence-electron chi connectivity index (χ2n) is 9.40. The highest BCUT2D eigenvalue weighted by molar-refractivity contribution is 5.80. The zero-order chi connectivity index (χ0) is 22.4. The van der Waals surface area contributed by atoms with Gasteiger partial charge in [0.05, 0.1) is 12.2 Å². The van der Waals surface area contributed by atoms with Crippen LogP contribution in [0.25, 0.3) is 0 Å². The van der Waals surface area contributed by atoms with Crippen LogP contribution in [0.2, 0.25) is 0 Å². The summed E-state index contributed by atoms with van der Waals surface area (Å²) in [6, 6.07) is 3.15. The lowest BCUT2D eigenvalue weighted by molar-refractivity contribution is 0.00928. The maximum atomic E-state index is 13.9. The first kappa shape index (κ1) is 23.3. The molecule has 1 saturated heterocycles. The van der Waals surface area contributed by atoms with Crippen molar-refractivity contribution in [1.82, 2.24) is 20.1 Å². The molecule has 0 aromatic carbocycles. The molecule has 3 rings (SSSR count). The van der Waals surface area contributed by atoms with Crippen LogP contribution in [-0.2, 0) is 11.3 Å². The normalized spacial score (nSPS) is 18.1. The summed E-state index contributed by atoms with van der Waals surface area (Å²) >= 11 is 0. The Hall–Kier alpha value is -2.38. The van der Waals surface area contributed by atoms with E-state index >= 15 is 0 Å². The number of hydrogen-bond acceptors (Lipinski definition) is 4. The van der Waals surface area contributed by atoms with Crippen LogP contribution >= 0.6 is 0 Å². The summed E-state index contributed by atoms with van der Waals surface area (Å²) in [4.78, 5) is 25.7. The maximum absolute atomic E-state index is 13.9. The molecular weight excluding hydrogens is 397 g/mol. The highest BCUT2D eigenvalue weighted by Crippen LogP contribution is 2.32. The number of hydrogen-bond donors (Lipinski definition) is 1. The van der Waals surface area contributed by atoms with E-state index in [-0.39, 0.29) is 24.5 Å². The van der Waals surface area contributed by atoms with Crippen LogP contribution in [0, 0.1) is 11.7 Å². The fraction of sp³-hybridized carbons (Fsp3) is 0.696. The number of aromatic nitrogens is 1. The number of carbonyl (C=O) groups is 1. The van der Waals surface area contributed by atoms with Crippen LogP contribution in [-0.4, -0.2) is 64.7 Å². The maximum Gasteiger partial charge on any atom is 0.410 e. The molecule has 172 valence electrons. The number of nitrogens with one attached hydrogen (secondary N) is 1. The molecule has 8 heteroatoms. The lowest BCUT2D eigenvalue weighted by atomic mass is 10.0. The Morgan fingerprint density at radius 1 is 1.32 bits per heavy atom. The van der Waals surface area contributed by atoms with Crippen molar-refractivity contribution in [3.05, 3.63) is 29.8 Å². The van der Waals surface area contributed by atoms with E-state index in [0.717, 1.165) is 45.0 Å². The highest BCUT2D eigenvalue weighted by Gasteiger charge is 2.35. The summed E-state index contributed by atoms with van der Waals surface area (Å²) in [6.45, 7) is 11.0. The smallest absolute Gasteiger partial charge is 0.410 e. The Kier molecular flexibility index (Phi) is 7.73. The van der Waals surface area contributed by atoms with Crippen molar-refractivity contribution in [3.63, 3.8) is 0 Å². The SMILES string of the molecule is CCNC(=NCc1ncccc1F)N1CCC(N(CC2CC2)C(=O)OC(C)(C)C)CC1. The van der Waals surface area contributed by atoms with Crippen molar-refractivity contribution >= 4 is 12.1 Å². The van der Waals surface area contributed by atoms with E-state index in [0.29, 0.717) is 11.6 Å². The molecule has 1 aromatic rings. The average molecular weight is 434 g/mol. The topological polar surface area (TPSA) is 70.1 Å². The Balaban J connectivity index is 1.62. The number of likely N-dealkylation sites (tertiary alicyclic amines) is 1. The van der Waals surface area contributed by atoms with Gasteiger partial charge < -0.3 is 19.9 Å². The van der Waals surface area contributed by atoms with Gasteiger partial charge in [-0.15, -0.1) is 0 Å². The standard InChI is InChI=1S/C23H36FN5O2/c1-5-25-21(27-15-20-19(24)7-6-12-26-20)28-13-10-18(11-14-28)29(16-17-8-9-17)22(30)31-23(2,3)4/h6-7,12,17-18H,5,8-11,13-16H2,1-4H3,(H,25,27). The fourth-order valence-electron chi connectivity index (χ4n) is 3.77. The van der Waals surface area contributed by atoms with Crippen LogP contribution in [0.1, 0.15) is 59.1 Å². The number of carbonyl (C=O) groups excluding carboxylic acids is 1. The van der Waals surface area contributed by atoms with Crippen molar-refractivity contribution in [3.8, 4) is 0 Å². The predicted octanol–water partition coefficient (Wildman–Crippen LogP) is 3.80. The molecule has 1 saturated carbocycles. The Morgan fingerprint density at radius 2 is 2.03 bits per heavy atom. The van der Waals surface area contributed by atoms with Crippen molar-refractivity contribution in [2.75, 3.05) is 26.2 Å². The summed E-state index contributed by atoms with van der Waals surface area (Å²) in [5.74, 6) is 1.03. The van der Waals surface area contributed by atoms with Crippen LogP contribution in [0.4, 0.5) is 9.18 Å². The van der Waals surface area contributed by atoms with Crippen molar-refractivity contribution in [1.29, 1.82) is 0 Å². The molecule has 7 nitrogen and oxygen atoms in total. The number of aliphatic imine (C=N–C) groups is 1. The number of rotatable bonds is 6. The summed E-state index contributed by atoms with van der Waals surface area (Å²) in [6.07, 6.45) is 5.48. The highest BCUT2D eigenvalue weighted by atomic mass is 19.1. The lowest BCUT2D eigenvalue weighted by Crippen LogP contribution is -2.52. The van der Waals surface area contributed by atoms with E-state index in [1.807, 2.05) is 32.6 Å². The molecule has 0 bridgehead atoms. The number of halogens is 1. The largest absolute Gasteiger partial charge is 0.444 e. The van der Waals surface area contributed by atoms with Crippen LogP contribution in [0.3, 0.4) is 0 Å². The summed E-state index contributed by atoms with van der Waals surface area (Å²) < 4.78 is 19.6. The first-order valence-electron chi connectivity index (χ1n) is 11.4. The first-order chi connectivity index (χ1) is 14.8. The number of pyridine rings is 1. The monoisotopic (exact) mass is 433 g/mol. The molecule has 1 aromatic heterocycles. The second-order valence-corrected chi connectivity index (χ2v) is 9.40.